The van der Waals surface area contributed by atoms with Crippen molar-refractivity contribution in [1.29, 1.82) is 0 Å². The Morgan fingerprint density at radius 1 is 0.913 bits per heavy atom. The highest BCUT2D eigenvalue weighted by molar-refractivity contribution is 5.70. The lowest BCUT2D eigenvalue weighted by Crippen LogP contribution is -2.05. The third kappa shape index (κ3) is 5.55. The van der Waals surface area contributed by atoms with Crippen LogP contribution in [0.1, 0.15) is 38.3 Å². The van der Waals surface area contributed by atoms with Gasteiger partial charge in [0.15, 0.2) is 0 Å². The van der Waals surface area contributed by atoms with E-state index in [1.165, 1.54) is 22.3 Å². The first-order valence-corrected chi connectivity index (χ1v) is 8.42. The van der Waals surface area contributed by atoms with Gasteiger partial charge >= 0.3 is 5.97 Å². The molecule has 0 unspecified atom stereocenters. The smallest absolute Gasteiger partial charge is 0.306 e. The Hall–Kier alpha value is -2.09. The molecule has 0 fully saturated rings. The molecule has 23 heavy (non-hydrogen) atoms. The molecule has 0 saturated carbocycles. The van der Waals surface area contributed by atoms with E-state index in [-0.39, 0.29) is 5.97 Å². The molecular formula is C21H26O2. The number of carbonyl (C=O) groups is 1. The Bertz CT molecular complexity index is 609. The molecule has 2 aromatic carbocycles. The van der Waals surface area contributed by atoms with Gasteiger partial charge in [0.1, 0.15) is 0 Å². The number of benzene rings is 2. The maximum atomic E-state index is 11.4. The predicted octanol–water partition coefficient (Wildman–Crippen LogP) is 5.05. The van der Waals surface area contributed by atoms with Crippen molar-refractivity contribution in [2.24, 2.45) is 5.92 Å². The minimum Gasteiger partial charge on any atom is -0.466 e. The fraction of sp³-hybridized carbons (Fsp3) is 0.381. The van der Waals surface area contributed by atoms with E-state index in [1.54, 1.807) is 0 Å². The van der Waals surface area contributed by atoms with Crippen molar-refractivity contribution in [1.82, 2.24) is 0 Å². The molecule has 2 nitrogen and oxygen atoms in total. The summed E-state index contributed by atoms with van der Waals surface area (Å²) in [6.07, 6.45) is 2.29. The molecule has 0 aliphatic heterocycles. The van der Waals surface area contributed by atoms with E-state index in [0.717, 1.165) is 12.8 Å². The second-order valence-corrected chi connectivity index (χ2v) is 6.30. The number of carbonyl (C=O) groups excluding carboxylic acids is 1. The van der Waals surface area contributed by atoms with E-state index >= 15 is 0 Å². The van der Waals surface area contributed by atoms with Crippen LogP contribution in [0.2, 0.25) is 0 Å². The average Bonchev–Trinajstić information content (AvgIpc) is 2.54. The summed E-state index contributed by atoms with van der Waals surface area (Å²) in [5.74, 6) is 0.553. The Morgan fingerprint density at radius 3 is 1.91 bits per heavy atom. The van der Waals surface area contributed by atoms with Crippen molar-refractivity contribution in [2.45, 2.75) is 40.0 Å². The minimum absolute atomic E-state index is 0.127. The molecule has 0 aromatic heterocycles. The van der Waals surface area contributed by atoms with Crippen LogP contribution >= 0.6 is 0 Å². The van der Waals surface area contributed by atoms with Gasteiger partial charge in [0, 0.05) is 6.42 Å². The summed E-state index contributed by atoms with van der Waals surface area (Å²) in [6, 6.07) is 17.2. The summed E-state index contributed by atoms with van der Waals surface area (Å²) in [5, 5.41) is 0. The Balaban J connectivity index is 1.97. The van der Waals surface area contributed by atoms with Gasteiger partial charge in [0.25, 0.3) is 0 Å². The van der Waals surface area contributed by atoms with Crippen LogP contribution in [-0.2, 0) is 22.4 Å². The summed E-state index contributed by atoms with van der Waals surface area (Å²) in [4.78, 5) is 11.4. The monoisotopic (exact) mass is 310 g/mol. The van der Waals surface area contributed by atoms with Crippen LogP contribution in [0.3, 0.4) is 0 Å². The van der Waals surface area contributed by atoms with Gasteiger partial charge in [-0.25, -0.2) is 0 Å². The average molecular weight is 310 g/mol. The number of ether oxygens (including phenoxy) is 1. The fourth-order valence-electron chi connectivity index (χ4n) is 2.65. The van der Waals surface area contributed by atoms with Crippen molar-refractivity contribution >= 4 is 5.97 Å². The van der Waals surface area contributed by atoms with Crippen molar-refractivity contribution in [2.75, 3.05) is 6.61 Å². The predicted molar refractivity (Wildman–Crippen MR) is 95.4 cm³/mol. The molecule has 0 aliphatic rings. The van der Waals surface area contributed by atoms with Gasteiger partial charge in [-0.05, 0) is 47.9 Å². The molecule has 122 valence electrons. The summed E-state index contributed by atoms with van der Waals surface area (Å²) < 4.78 is 4.96. The van der Waals surface area contributed by atoms with E-state index in [0.29, 0.717) is 18.9 Å². The molecule has 2 heteroatoms. The Morgan fingerprint density at radius 2 is 1.43 bits per heavy atom. The highest BCUT2D eigenvalue weighted by atomic mass is 16.5. The minimum atomic E-state index is -0.127. The molecule has 0 radical (unpaired) electrons. The fourth-order valence-corrected chi connectivity index (χ4v) is 2.65. The van der Waals surface area contributed by atoms with Gasteiger partial charge in [0.2, 0.25) is 0 Å². The van der Waals surface area contributed by atoms with Crippen LogP contribution in [-0.4, -0.2) is 12.6 Å². The first-order valence-electron chi connectivity index (χ1n) is 8.42. The molecule has 0 atom stereocenters. The van der Waals surface area contributed by atoms with Crippen LogP contribution in [0, 0.1) is 5.92 Å². The standard InChI is InChI=1S/C21H26O2/c1-4-23-21(22)14-9-17-5-10-19(11-6-17)20-12-7-18(8-13-20)15-16(2)3/h5-8,10-13,16H,4,9,14-15H2,1-3H3. The molecule has 0 amide bonds. The number of rotatable bonds is 7. The first kappa shape index (κ1) is 17.3. The molecular weight excluding hydrogens is 284 g/mol. The normalized spacial score (nSPS) is 10.8. The van der Waals surface area contributed by atoms with Gasteiger partial charge in [-0.3, -0.25) is 4.79 Å². The molecule has 2 rings (SSSR count). The number of esters is 1. The lowest BCUT2D eigenvalue weighted by atomic mass is 9.98. The summed E-state index contributed by atoms with van der Waals surface area (Å²) >= 11 is 0. The molecule has 0 spiro atoms. The SMILES string of the molecule is CCOC(=O)CCc1ccc(-c2ccc(CC(C)C)cc2)cc1. The van der Waals surface area contributed by atoms with Crippen LogP contribution in [0.5, 0.6) is 0 Å². The van der Waals surface area contributed by atoms with Crippen molar-refractivity contribution in [3.05, 3.63) is 59.7 Å². The van der Waals surface area contributed by atoms with Gasteiger partial charge in [0.05, 0.1) is 6.61 Å². The lowest BCUT2D eigenvalue weighted by Gasteiger charge is -2.08. The van der Waals surface area contributed by atoms with E-state index in [1.807, 2.05) is 6.92 Å². The van der Waals surface area contributed by atoms with Gasteiger partial charge in [-0.15, -0.1) is 0 Å². The summed E-state index contributed by atoms with van der Waals surface area (Å²) in [5.41, 5.74) is 4.99. The second kappa shape index (κ2) is 8.52. The molecule has 0 bridgehead atoms. The zero-order chi connectivity index (χ0) is 16.7. The quantitative estimate of drug-likeness (QED) is 0.669. The van der Waals surface area contributed by atoms with E-state index in [4.69, 9.17) is 4.74 Å². The lowest BCUT2D eigenvalue weighted by molar-refractivity contribution is -0.143. The van der Waals surface area contributed by atoms with Crippen LogP contribution in [0.4, 0.5) is 0 Å². The topological polar surface area (TPSA) is 26.3 Å². The summed E-state index contributed by atoms with van der Waals surface area (Å²) in [6.45, 7) is 6.76. The van der Waals surface area contributed by atoms with E-state index in [9.17, 15) is 4.79 Å². The molecule has 0 aliphatic carbocycles. The van der Waals surface area contributed by atoms with Crippen molar-refractivity contribution < 1.29 is 9.53 Å². The van der Waals surface area contributed by atoms with Crippen LogP contribution in [0.25, 0.3) is 11.1 Å². The van der Waals surface area contributed by atoms with E-state index < -0.39 is 0 Å². The van der Waals surface area contributed by atoms with Crippen LogP contribution in [0.15, 0.2) is 48.5 Å². The first-order chi connectivity index (χ1) is 11.1. The largest absolute Gasteiger partial charge is 0.466 e. The second-order valence-electron chi connectivity index (χ2n) is 6.30. The van der Waals surface area contributed by atoms with Crippen molar-refractivity contribution in [3.63, 3.8) is 0 Å². The molecule has 0 N–H and O–H groups in total. The maximum Gasteiger partial charge on any atom is 0.306 e. The van der Waals surface area contributed by atoms with Gasteiger partial charge in [-0.1, -0.05) is 62.4 Å². The van der Waals surface area contributed by atoms with Gasteiger partial charge < -0.3 is 4.74 Å². The number of hydrogen-bond acceptors (Lipinski definition) is 2. The highest BCUT2D eigenvalue weighted by Gasteiger charge is 2.04. The third-order valence-electron chi connectivity index (χ3n) is 3.81. The zero-order valence-electron chi connectivity index (χ0n) is 14.3. The molecule has 2 aromatic rings. The Kier molecular flexibility index (Phi) is 6.40. The summed E-state index contributed by atoms with van der Waals surface area (Å²) in [7, 11) is 0. The van der Waals surface area contributed by atoms with E-state index in [2.05, 4.69) is 62.4 Å². The molecule has 0 heterocycles. The number of hydrogen-bond donors (Lipinski definition) is 0. The van der Waals surface area contributed by atoms with Crippen molar-refractivity contribution in [3.8, 4) is 11.1 Å². The Labute approximate surface area is 139 Å². The molecule has 0 saturated heterocycles. The zero-order valence-corrected chi connectivity index (χ0v) is 14.3. The van der Waals surface area contributed by atoms with Gasteiger partial charge in [-0.2, -0.15) is 0 Å². The number of aryl methyl sites for hydroxylation is 1. The van der Waals surface area contributed by atoms with Crippen LogP contribution < -0.4 is 0 Å². The third-order valence-corrected chi connectivity index (χ3v) is 3.81. The highest BCUT2D eigenvalue weighted by Crippen LogP contribution is 2.21. The maximum absolute atomic E-state index is 11.4.